The van der Waals surface area contributed by atoms with E-state index in [0.717, 1.165) is 0 Å². The first-order valence-electron chi connectivity index (χ1n) is 10.2. The molecule has 3 aromatic rings. The lowest BCUT2D eigenvalue weighted by Gasteiger charge is -2.40. The monoisotopic (exact) mass is 466 g/mol. The highest BCUT2D eigenvalue weighted by atomic mass is 35.5. The van der Waals surface area contributed by atoms with Gasteiger partial charge in [0, 0.05) is 16.8 Å². The van der Waals surface area contributed by atoms with Gasteiger partial charge in [-0.3, -0.25) is 19.4 Å². The average Bonchev–Trinajstić information content (AvgIpc) is 2.85. The number of piperazine rings is 1. The predicted octanol–water partition coefficient (Wildman–Crippen LogP) is 4.49. The second-order valence-corrected chi connectivity index (χ2v) is 7.81. The first kappa shape index (κ1) is 22.5. The Hall–Kier alpha value is -3.71. The van der Waals surface area contributed by atoms with E-state index in [1.54, 1.807) is 80.9 Å². The molecule has 0 unspecified atom stereocenters. The summed E-state index contributed by atoms with van der Waals surface area (Å²) in [6.45, 7) is -0.142. The zero-order valence-electron chi connectivity index (χ0n) is 18.4. The molecule has 0 N–H and O–H groups in total. The molecule has 8 heteroatoms. The standard InChI is InChI=1S/C25H23ClN2O5/c1-31-19-10-4-16(5-11-19)24-25(30)27(21-13-12-20(32-2)14-22(21)33-3)15-23(29)28(24)18-8-6-17(26)7-9-18/h4-14,24H,15H2,1-3H3/t24-/m0/s1. The van der Waals surface area contributed by atoms with Gasteiger partial charge in [-0.1, -0.05) is 23.7 Å². The highest BCUT2D eigenvalue weighted by Crippen LogP contribution is 2.39. The summed E-state index contributed by atoms with van der Waals surface area (Å²) < 4.78 is 16.0. The predicted molar refractivity (Wildman–Crippen MR) is 127 cm³/mol. The van der Waals surface area contributed by atoms with Gasteiger partial charge in [0.05, 0.1) is 27.0 Å². The Kier molecular flexibility index (Phi) is 6.42. The van der Waals surface area contributed by atoms with Gasteiger partial charge in [-0.25, -0.2) is 0 Å². The summed E-state index contributed by atoms with van der Waals surface area (Å²) in [5.41, 5.74) is 1.73. The van der Waals surface area contributed by atoms with Crippen molar-refractivity contribution >= 4 is 34.8 Å². The quantitative estimate of drug-likeness (QED) is 0.535. The SMILES string of the molecule is COc1ccc([C@H]2C(=O)N(c3ccc(OC)cc3OC)CC(=O)N2c2ccc(Cl)cc2)cc1. The van der Waals surface area contributed by atoms with E-state index in [2.05, 4.69) is 0 Å². The van der Waals surface area contributed by atoms with E-state index in [9.17, 15) is 9.59 Å². The van der Waals surface area contributed by atoms with Crippen LogP contribution in [0.15, 0.2) is 66.7 Å². The normalized spacial score (nSPS) is 16.1. The molecule has 170 valence electrons. The maximum Gasteiger partial charge on any atom is 0.255 e. The molecule has 33 heavy (non-hydrogen) atoms. The number of methoxy groups -OCH3 is 3. The average molecular weight is 467 g/mol. The van der Waals surface area contributed by atoms with Crippen molar-refractivity contribution in [3.05, 3.63) is 77.3 Å². The molecule has 1 aliphatic heterocycles. The van der Waals surface area contributed by atoms with Crippen molar-refractivity contribution in [1.29, 1.82) is 0 Å². The van der Waals surface area contributed by atoms with Gasteiger partial charge in [0.2, 0.25) is 5.91 Å². The Balaban J connectivity index is 1.81. The molecule has 0 saturated carbocycles. The van der Waals surface area contributed by atoms with E-state index in [4.69, 9.17) is 25.8 Å². The maximum atomic E-state index is 13.9. The number of anilines is 2. The summed E-state index contributed by atoms with van der Waals surface area (Å²) in [7, 11) is 4.63. The molecule has 0 aliphatic carbocycles. The number of ether oxygens (including phenoxy) is 3. The zero-order chi connectivity index (χ0) is 23.5. The van der Waals surface area contributed by atoms with Gasteiger partial charge >= 0.3 is 0 Å². The lowest BCUT2D eigenvalue weighted by atomic mass is 9.99. The number of hydrogen-bond acceptors (Lipinski definition) is 5. The Morgan fingerprint density at radius 3 is 2.06 bits per heavy atom. The molecule has 2 amide bonds. The van der Waals surface area contributed by atoms with Crippen LogP contribution in [-0.2, 0) is 9.59 Å². The highest BCUT2D eigenvalue weighted by Gasteiger charge is 2.42. The van der Waals surface area contributed by atoms with Crippen LogP contribution in [0.1, 0.15) is 11.6 Å². The van der Waals surface area contributed by atoms with Gasteiger partial charge in [0.25, 0.3) is 5.91 Å². The number of rotatable bonds is 6. The molecule has 3 aromatic carbocycles. The van der Waals surface area contributed by atoms with E-state index in [0.29, 0.717) is 39.2 Å². The lowest BCUT2D eigenvalue weighted by Crippen LogP contribution is -2.56. The number of halogens is 1. The minimum Gasteiger partial charge on any atom is -0.497 e. The molecule has 0 aromatic heterocycles. The second kappa shape index (κ2) is 9.42. The molecule has 1 aliphatic rings. The topological polar surface area (TPSA) is 68.3 Å². The van der Waals surface area contributed by atoms with E-state index in [-0.39, 0.29) is 18.4 Å². The fourth-order valence-corrected chi connectivity index (χ4v) is 4.00. The van der Waals surface area contributed by atoms with Crippen LogP contribution in [0, 0.1) is 0 Å². The molecular formula is C25H23ClN2O5. The first-order chi connectivity index (χ1) is 16.0. The molecule has 0 bridgehead atoms. The van der Waals surface area contributed by atoms with Gasteiger partial charge in [0.1, 0.15) is 29.8 Å². The largest absolute Gasteiger partial charge is 0.497 e. The Labute approximate surface area is 197 Å². The Morgan fingerprint density at radius 2 is 1.45 bits per heavy atom. The van der Waals surface area contributed by atoms with Crippen molar-refractivity contribution in [3.8, 4) is 17.2 Å². The third-order valence-electron chi connectivity index (χ3n) is 5.53. The molecule has 4 rings (SSSR count). The molecule has 7 nitrogen and oxygen atoms in total. The van der Waals surface area contributed by atoms with E-state index < -0.39 is 6.04 Å². The molecule has 0 spiro atoms. The van der Waals surface area contributed by atoms with Crippen molar-refractivity contribution in [3.63, 3.8) is 0 Å². The van der Waals surface area contributed by atoms with E-state index in [1.807, 2.05) is 0 Å². The summed E-state index contributed by atoms with van der Waals surface area (Å²) in [5, 5.41) is 0.542. The molecule has 1 heterocycles. The molecule has 1 fully saturated rings. The number of hydrogen-bond donors (Lipinski definition) is 0. The second-order valence-electron chi connectivity index (χ2n) is 7.38. The number of amides is 2. The minimum atomic E-state index is -0.884. The molecule has 1 atom stereocenters. The van der Waals surface area contributed by atoms with Crippen LogP contribution in [-0.4, -0.2) is 39.7 Å². The fraction of sp³-hybridized carbons (Fsp3) is 0.200. The van der Waals surface area contributed by atoms with Crippen LogP contribution in [0.3, 0.4) is 0 Å². The smallest absolute Gasteiger partial charge is 0.255 e. The Morgan fingerprint density at radius 1 is 0.818 bits per heavy atom. The van der Waals surface area contributed by atoms with Gasteiger partial charge in [0.15, 0.2) is 0 Å². The fourth-order valence-electron chi connectivity index (χ4n) is 3.88. The van der Waals surface area contributed by atoms with Crippen LogP contribution in [0.4, 0.5) is 11.4 Å². The minimum absolute atomic E-state index is 0.142. The summed E-state index contributed by atoms with van der Waals surface area (Å²) in [6, 6.07) is 18.2. The number of benzene rings is 3. The van der Waals surface area contributed by atoms with Crippen molar-refractivity contribution < 1.29 is 23.8 Å². The van der Waals surface area contributed by atoms with E-state index >= 15 is 0 Å². The van der Waals surface area contributed by atoms with E-state index in [1.165, 1.54) is 16.9 Å². The maximum absolute atomic E-state index is 13.9. The number of carbonyl (C=O) groups is 2. The van der Waals surface area contributed by atoms with Crippen molar-refractivity contribution in [2.75, 3.05) is 37.7 Å². The van der Waals surface area contributed by atoms with Gasteiger partial charge in [-0.15, -0.1) is 0 Å². The van der Waals surface area contributed by atoms with Gasteiger partial charge in [-0.05, 0) is 54.1 Å². The van der Waals surface area contributed by atoms with Crippen molar-refractivity contribution in [1.82, 2.24) is 0 Å². The third kappa shape index (κ3) is 4.32. The van der Waals surface area contributed by atoms with Crippen LogP contribution in [0.25, 0.3) is 0 Å². The van der Waals surface area contributed by atoms with Crippen LogP contribution < -0.4 is 24.0 Å². The van der Waals surface area contributed by atoms with Crippen molar-refractivity contribution in [2.45, 2.75) is 6.04 Å². The summed E-state index contributed by atoms with van der Waals surface area (Å²) >= 11 is 6.05. The first-order valence-corrected chi connectivity index (χ1v) is 10.6. The third-order valence-corrected chi connectivity index (χ3v) is 5.79. The van der Waals surface area contributed by atoms with Gasteiger partial charge in [-0.2, -0.15) is 0 Å². The molecule has 0 radical (unpaired) electrons. The zero-order valence-corrected chi connectivity index (χ0v) is 19.2. The summed E-state index contributed by atoms with van der Waals surface area (Å²) in [5.74, 6) is 1.17. The molecule has 1 saturated heterocycles. The van der Waals surface area contributed by atoms with Gasteiger partial charge < -0.3 is 14.2 Å². The highest BCUT2D eigenvalue weighted by molar-refractivity contribution is 6.30. The van der Waals surface area contributed by atoms with Crippen LogP contribution in [0.2, 0.25) is 5.02 Å². The van der Waals surface area contributed by atoms with Crippen molar-refractivity contribution in [2.24, 2.45) is 0 Å². The summed E-state index contributed by atoms with van der Waals surface area (Å²) in [4.78, 5) is 30.3. The number of carbonyl (C=O) groups excluding carboxylic acids is 2. The molecular weight excluding hydrogens is 444 g/mol. The number of nitrogens with zero attached hydrogens (tertiary/aromatic N) is 2. The van der Waals surface area contributed by atoms with Crippen LogP contribution in [0.5, 0.6) is 17.2 Å². The van der Waals surface area contributed by atoms with Crippen LogP contribution >= 0.6 is 11.6 Å². The lowest BCUT2D eigenvalue weighted by molar-refractivity contribution is -0.128. The summed E-state index contributed by atoms with van der Waals surface area (Å²) in [6.07, 6.45) is 0. The Bertz CT molecular complexity index is 1160.